The van der Waals surface area contributed by atoms with E-state index in [2.05, 4.69) is 43.3 Å². The Morgan fingerprint density at radius 2 is 2.10 bits per heavy atom. The normalized spacial score (nSPS) is 16.3. The van der Waals surface area contributed by atoms with Gasteiger partial charge < -0.3 is 10.2 Å². The number of hydrogen-bond acceptors (Lipinski definition) is 4. The molecule has 0 spiro atoms. The SMILES string of the molecule is Cc1cccc2c(=O)n(CC(=O)NCC3CCN(c4cccc(Br)c4)C3)cnc12. The molecule has 7 heteroatoms. The fourth-order valence-corrected chi connectivity index (χ4v) is 4.21. The Labute approximate surface area is 177 Å². The van der Waals surface area contributed by atoms with Crippen LogP contribution in [0.25, 0.3) is 10.9 Å². The zero-order valence-electron chi connectivity index (χ0n) is 16.3. The molecule has 1 aliphatic rings. The molecule has 1 atom stereocenters. The molecule has 1 amide bonds. The monoisotopic (exact) mass is 454 g/mol. The lowest BCUT2D eigenvalue weighted by Crippen LogP contribution is -2.36. The highest BCUT2D eigenvalue weighted by atomic mass is 79.9. The maximum Gasteiger partial charge on any atom is 0.261 e. The summed E-state index contributed by atoms with van der Waals surface area (Å²) in [7, 11) is 0. The van der Waals surface area contributed by atoms with Crippen LogP contribution in [0.5, 0.6) is 0 Å². The summed E-state index contributed by atoms with van der Waals surface area (Å²) in [5, 5.41) is 3.52. The lowest BCUT2D eigenvalue weighted by Gasteiger charge is -2.19. The Bertz CT molecular complexity index is 1110. The third kappa shape index (κ3) is 4.34. The van der Waals surface area contributed by atoms with E-state index >= 15 is 0 Å². The van der Waals surface area contributed by atoms with E-state index in [1.165, 1.54) is 16.6 Å². The number of benzene rings is 2. The first kappa shape index (κ1) is 19.6. The number of halogens is 1. The number of carbonyl (C=O) groups is 1. The van der Waals surface area contributed by atoms with Gasteiger partial charge in [-0.15, -0.1) is 0 Å². The summed E-state index contributed by atoms with van der Waals surface area (Å²) in [6, 6.07) is 13.8. The van der Waals surface area contributed by atoms with Crippen molar-refractivity contribution in [3.05, 3.63) is 69.2 Å². The van der Waals surface area contributed by atoms with Crippen LogP contribution in [0.4, 0.5) is 5.69 Å². The molecule has 6 nitrogen and oxygen atoms in total. The highest BCUT2D eigenvalue weighted by molar-refractivity contribution is 9.10. The molecule has 2 aromatic carbocycles. The Kier molecular flexibility index (Phi) is 5.67. The zero-order valence-corrected chi connectivity index (χ0v) is 17.9. The smallest absolute Gasteiger partial charge is 0.261 e. The molecule has 1 fully saturated rings. The lowest BCUT2D eigenvalue weighted by atomic mass is 10.1. The zero-order chi connectivity index (χ0) is 20.4. The second-order valence-electron chi connectivity index (χ2n) is 7.53. The van der Waals surface area contributed by atoms with E-state index in [1.54, 1.807) is 6.07 Å². The summed E-state index contributed by atoms with van der Waals surface area (Å²) < 4.78 is 2.44. The van der Waals surface area contributed by atoms with Crippen molar-refractivity contribution < 1.29 is 4.79 Å². The summed E-state index contributed by atoms with van der Waals surface area (Å²) in [6.07, 6.45) is 2.49. The van der Waals surface area contributed by atoms with Crippen molar-refractivity contribution in [1.29, 1.82) is 0 Å². The predicted octanol–water partition coefficient (Wildman–Crippen LogP) is 3.11. The molecule has 0 radical (unpaired) electrons. The highest BCUT2D eigenvalue weighted by Crippen LogP contribution is 2.25. The fraction of sp³-hybridized carbons (Fsp3) is 0.318. The van der Waals surface area contributed by atoms with Crippen molar-refractivity contribution in [2.45, 2.75) is 19.9 Å². The molecule has 2 heterocycles. The number of fused-ring (bicyclic) bond motifs is 1. The van der Waals surface area contributed by atoms with Crippen LogP contribution in [0.3, 0.4) is 0 Å². The van der Waals surface area contributed by atoms with Gasteiger partial charge in [0.05, 0.1) is 17.2 Å². The van der Waals surface area contributed by atoms with Crippen LogP contribution in [0, 0.1) is 12.8 Å². The van der Waals surface area contributed by atoms with E-state index in [4.69, 9.17) is 0 Å². The van der Waals surface area contributed by atoms with Crippen LogP contribution in [0.2, 0.25) is 0 Å². The molecule has 3 aromatic rings. The minimum absolute atomic E-state index is 0.0161. The number of para-hydroxylation sites is 1. The first-order valence-electron chi connectivity index (χ1n) is 9.73. The number of amides is 1. The fourth-order valence-electron chi connectivity index (χ4n) is 3.83. The van der Waals surface area contributed by atoms with Crippen LogP contribution in [-0.2, 0) is 11.3 Å². The molecule has 1 aliphatic heterocycles. The van der Waals surface area contributed by atoms with E-state index in [0.29, 0.717) is 23.4 Å². The minimum atomic E-state index is -0.185. The number of aryl methyl sites for hydroxylation is 1. The Morgan fingerprint density at radius 3 is 2.93 bits per heavy atom. The molecular formula is C22H23BrN4O2. The van der Waals surface area contributed by atoms with Crippen molar-refractivity contribution >= 4 is 38.4 Å². The van der Waals surface area contributed by atoms with E-state index in [-0.39, 0.29) is 18.0 Å². The number of hydrogen-bond donors (Lipinski definition) is 1. The summed E-state index contributed by atoms with van der Waals surface area (Å²) >= 11 is 3.51. The Balaban J connectivity index is 1.35. The van der Waals surface area contributed by atoms with Crippen LogP contribution in [-0.4, -0.2) is 35.1 Å². The number of nitrogens with one attached hydrogen (secondary N) is 1. The molecule has 0 aliphatic carbocycles. The first-order valence-corrected chi connectivity index (χ1v) is 10.5. The van der Waals surface area contributed by atoms with Gasteiger partial charge in [-0.2, -0.15) is 0 Å². The molecular weight excluding hydrogens is 432 g/mol. The molecule has 1 saturated heterocycles. The van der Waals surface area contributed by atoms with Crippen molar-refractivity contribution in [2.24, 2.45) is 5.92 Å². The quantitative estimate of drug-likeness (QED) is 0.642. The largest absolute Gasteiger partial charge is 0.371 e. The van der Waals surface area contributed by atoms with E-state index in [0.717, 1.165) is 29.5 Å². The van der Waals surface area contributed by atoms with E-state index in [9.17, 15) is 9.59 Å². The van der Waals surface area contributed by atoms with Gasteiger partial charge in [0.25, 0.3) is 5.56 Å². The molecule has 150 valence electrons. The molecule has 0 bridgehead atoms. The van der Waals surface area contributed by atoms with Crippen LogP contribution in [0.1, 0.15) is 12.0 Å². The number of rotatable bonds is 5. The average Bonchev–Trinajstić information content (AvgIpc) is 3.18. The molecule has 1 unspecified atom stereocenters. The van der Waals surface area contributed by atoms with Gasteiger partial charge in [0.1, 0.15) is 6.54 Å². The molecule has 1 N–H and O–H groups in total. The molecule has 29 heavy (non-hydrogen) atoms. The van der Waals surface area contributed by atoms with Crippen molar-refractivity contribution in [3.8, 4) is 0 Å². The highest BCUT2D eigenvalue weighted by Gasteiger charge is 2.23. The topological polar surface area (TPSA) is 67.2 Å². The van der Waals surface area contributed by atoms with Gasteiger partial charge in [-0.3, -0.25) is 14.2 Å². The maximum atomic E-state index is 12.6. The van der Waals surface area contributed by atoms with Crippen LogP contribution in [0.15, 0.2) is 58.1 Å². The summed E-state index contributed by atoms with van der Waals surface area (Å²) in [5.41, 5.74) is 2.65. The lowest BCUT2D eigenvalue weighted by molar-refractivity contribution is -0.121. The second-order valence-corrected chi connectivity index (χ2v) is 8.45. The molecule has 1 aromatic heterocycles. The number of anilines is 1. The van der Waals surface area contributed by atoms with Gasteiger partial charge in [-0.05, 0) is 49.1 Å². The summed E-state index contributed by atoms with van der Waals surface area (Å²) in [4.78, 5) is 31.7. The number of carbonyl (C=O) groups excluding carboxylic acids is 1. The average molecular weight is 455 g/mol. The molecule has 4 rings (SSSR count). The Morgan fingerprint density at radius 1 is 1.28 bits per heavy atom. The van der Waals surface area contributed by atoms with Crippen molar-refractivity contribution in [2.75, 3.05) is 24.5 Å². The third-order valence-electron chi connectivity index (χ3n) is 5.42. The summed E-state index contributed by atoms with van der Waals surface area (Å²) in [5.74, 6) is 0.230. The van der Waals surface area contributed by atoms with E-state index < -0.39 is 0 Å². The van der Waals surface area contributed by atoms with Crippen LogP contribution >= 0.6 is 15.9 Å². The maximum absolute atomic E-state index is 12.6. The van der Waals surface area contributed by atoms with Crippen LogP contribution < -0.4 is 15.8 Å². The Hall–Kier alpha value is -2.67. The molecule has 0 saturated carbocycles. The minimum Gasteiger partial charge on any atom is -0.371 e. The van der Waals surface area contributed by atoms with Gasteiger partial charge in [-0.25, -0.2) is 4.98 Å². The van der Waals surface area contributed by atoms with Gasteiger partial charge in [-0.1, -0.05) is 34.1 Å². The van der Waals surface area contributed by atoms with Gasteiger partial charge in [0.15, 0.2) is 0 Å². The van der Waals surface area contributed by atoms with Gasteiger partial charge >= 0.3 is 0 Å². The van der Waals surface area contributed by atoms with Crippen molar-refractivity contribution in [1.82, 2.24) is 14.9 Å². The summed E-state index contributed by atoms with van der Waals surface area (Å²) in [6.45, 7) is 4.40. The standard InChI is InChI=1S/C22H23BrN4O2/c1-15-4-2-7-19-21(15)25-14-27(22(19)29)13-20(28)24-11-16-8-9-26(12-16)18-6-3-5-17(23)10-18/h2-7,10,14,16H,8-9,11-13H2,1H3,(H,24,28). The van der Waals surface area contributed by atoms with Gasteiger partial charge in [0, 0.05) is 29.8 Å². The van der Waals surface area contributed by atoms with E-state index in [1.807, 2.05) is 31.2 Å². The predicted molar refractivity (Wildman–Crippen MR) is 118 cm³/mol. The number of nitrogens with zero attached hydrogens (tertiary/aromatic N) is 3. The number of aromatic nitrogens is 2. The van der Waals surface area contributed by atoms with Crippen molar-refractivity contribution in [3.63, 3.8) is 0 Å². The van der Waals surface area contributed by atoms with Gasteiger partial charge in [0.2, 0.25) is 5.91 Å². The third-order valence-corrected chi connectivity index (χ3v) is 5.91. The first-order chi connectivity index (χ1) is 14.0. The second kappa shape index (κ2) is 8.37.